The van der Waals surface area contributed by atoms with E-state index in [9.17, 15) is 4.39 Å². The van der Waals surface area contributed by atoms with Crippen LogP contribution in [0.15, 0.2) is 45.3 Å². The summed E-state index contributed by atoms with van der Waals surface area (Å²) in [6.07, 6.45) is 0. The van der Waals surface area contributed by atoms with E-state index >= 15 is 0 Å². The van der Waals surface area contributed by atoms with Gasteiger partial charge in [-0.1, -0.05) is 37.9 Å². The first kappa shape index (κ1) is 14.8. The van der Waals surface area contributed by atoms with E-state index < -0.39 is 11.2 Å². The third-order valence-electron chi connectivity index (χ3n) is 2.65. The van der Waals surface area contributed by atoms with E-state index in [0.717, 1.165) is 14.5 Å². The minimum Gasteiger partial charge on any atom is -0.494 e. The molecule has 0 heterocycles. The van der Waals surface area contributed by atoms with Crippen LogP contribution in [0.1, 0.15) is 16.5 Å². The van der Waals surface area contributed by atoms with Gasteiger partial charge in [0.2, 0.25) is 0 Å². The first-order valence-corrected chi connectivity index (χ1v) is 7.47. The molecular formula is C14H10Br2ClFO. The maximum absolute atomic E-state index is 13.7. The van der Waals surface area contributed by atoms with E-state index in [1.807, 2.05) is 18.2 Å². The van der Waals surface area contributed by atoms with Crippen molar-refractivity contribution in [3.05, 3.63) is 62.3 Å². The molecule has 0 aliphatic rings. The fourth-order valence-corrected chi connectivity index (χ4v) is 3.35. The molecule has 0 fully saturated rings. The monoisotopic (exact) mass is 406 g/mol. The smallest absolute Gasteiger partial charge is 0.165 e. The van der Waals surface area contributed by atoms with Crippen molar-refractivity contribution in [2.45, 2.75) is 5.38 Å². The topological polar surface area (TPSA) is 9.23 Å². The summed E-state index contributed by atoms with van der Waals surface area (Å²) in [5.41, 5.74) is 1.57. The van der Waals surface area contributed by atoms with Crippen molar-refractivity contribution in [3.8, 4) is 5.75 Å². The van der Waals surface area contributed by atoms with Crippen molar-refractivity contribution in [2.24, 2.45) is 0 Å². The van der Waals surface area contributed by atoms with Crippen LogP contribution in [-0.4, -0.2) is 7.11 Å². The maximum Gasteiger partial charge on any atom is 0.165 e. The second kappa shape index (κ2) is 6.25. The summed E-state index contributed by atoms with van der Waals surface area (Å²) in [5.74, 6) is -0.206. The SMILES string of the molecule is COc1ccc(C(Cl)c2cc(Br)cc(Br)c2)cc1F. The minimum absolute atomic E-state index is 0.211. The highest BCUT2D eigenvalue weighted by Crippen LogP contribution is 2.34. The number of methoxy groups -OCH3 is 1. The molecule has 0 spiro atoms. The van der Waals surface area contributed by atoms with E-state index in [-0.39, 0.29) is 5.75 Å². The van der Waals surface area contributed by atoms with Crippen molar-refractivity contribution >= 4 is 43.5 Å². The summed E-state index contributed by atoms with van der Waals surface area (Å²) in [6.45, 7) is 0. The second-order valence-electron chi connectivity index (χ2n) is 3.96. The lowest BCUT2D eigenvalue weighted by atomic mass is 10.0. The average molecular weight is 408 g/mol. The lowest BCUT2D eigenvalue weighted by Gasteiger charge is -2.12. The lowest BCUT2D eigenvalue weighted by Crippen LogP contribution is -1.96. The van der Waals surface area contributed by atoms with Crippen molar-refractivity contribution < 1.29 is 9.13 Å². The van der Waals surface area contributed by atoms with E-state index in [1.54, 1.807) is 12.1 Å². The van der Waals surface area contributed by atoms with Crippen molar-refractivity contribution in [3.63, 3.8) is 0 Å². The molecule has 0 N–H and O–H groups in total. The molecule has 1 nitrogen and oxygen atoms in total. The van der Waals surface area contributed by atoms with E-state index in [2.05, 4.69) is 31.9 Å². The van der Waals surface area contributed by atoms with Gasteiger partial charge in [-0.15, -0.1) is 11.6 Å². The fraction of sp³-hybridized carbons (Fsp3) is 0.143. The number of ether oxygens (including phenoxy) is 1. The van der Waals surface area contributed by atoms with Crippen LogP contribution in [0.2, 0.25) is 0 Å². The van der Waals surface area contributed by atoms with Gasteiger partial charge >= 0.3 is 0 Å². The van der Waals surface area contributed by atoms with Crippen LogP contribution < -0.4 is 4.74 Å². The molecular weight excluding hydrogens is 398 g/mol. The normalized spacial score (nSPS) is 12.3. The Morgan fingerprint density at radius 2 is 1.68 bits per heavy atom. The molecule has 1 atom stereocenters. The summed E-state index contributed by atoms with van der Waals surface area (Å²) in [6, 6.07) is 10.5. The first-order valence-electron chi connectivity index (χ1n) is 5.44. The highest BCUT2D eigenvalue weighted by Gasteiger charge is 2.14. The molecule has 0 bridgehead atoms. The van der Waals surface area contributed by atoms with Crippen LogP contribution in [0.3, 0.4) is 0 Å². The molecule has 2 aromatic carbocycles. The number of alkyl halides is 1. The minimum atomic E-state index is -0.422. The number of hydrogen-bond donors (Lipinski definition) is 0. The molecule has 19 heavy (non-hydrogen) atoms. The Hall–Kier alpha value is -0.580. The molecule has 1 unspecified atom stereocenters. The molecule has 0 aliphatic heterocycles. The Balaban J connectivity index is 2.38. The third kappa shape index (κ3) is 3.50. The van der Waals surface area contributed by atoms with Crippen LogP contribution in [0, 0.1) is 5.82 Å². The van der Waals surface area contributed by atoms with Crippen LogP contribution in [0.5, 0.6) is 5.75 Å². The third-order valence-corrected chi connectivity index (χ3v) is 4.07. The van der Waals surface area contributed by atoms with E-state index in [0.29, 0.717) is 5.56 Å². The molecule has 0 amide bonds. The number of benzene rings is 2. The summed E-state index contributed by atoms with van der Waals surface area (Å²) < 4.78 is 20.4. The van der Waals surface area contributed by atoms with E-state index in [4.69, 9.17) is 16.3 Å². The Morgan fingerprint density at radius 1 is 1.05 bits per heavy atom. The van der Waals surface area contributed by atoms with Crippen LogP contribution in [-0.2, 0) is 0 Å². The molecule has 0 saturated heterocycles. The lowest BCUT2D eigenvalue weighted by molar-refractivity contribution is 0.386. The second-order valence-corrected chi connectivity index (χ2v) is 6.23. The Labute approximate surface area is 133 Å². The van der Waals surface area contributed by atoms with Crippen LogP contribution >= 0.6 is 43.5 Å². The standard InChI is InChI=1S/C14H10Br2ClFO/c1-19-13-3-2-8(6-12(13)18)14(17)9-4-10(15)7-11(16)5-9/h2-7,14H,1H3. The molecule has 0 aliphatic carbocycles. The number of halogens is 4. The number of hydrogen-bond acceptors (Lipinski definition) is 1. The summed E-state index contributed by atoms with van der Waals surface area (Å²) in [4.78, 5) is 0. The van der Waals surface area contributed by atoms with Gasteiger partial charge in [0.1, 0.15) is 0 Å². The number of rotatable bonds is 3. The van der Waals surface area contributed by atoms with Crippen LogP contribution in [0.25, 0.3) is 0 Å². The highest BCUT2D eigenvalue weighted by molar-refractivity contribution is 9.11. The van der Waals surface area contributed by atoms with Crippen molar-refractivity contribution in [1.82, 2.24) is 0 Å². The summed E-state index contributed by atoms with van der Waals surface area (Å²) in [5, 5.41) is -0.422. The van der Waals surface area contributed by atoms with Gasteiger partial charge in [0.15, 0.2) is 11.6 Å². The van der Waals surface area contributed by atoms with Crippen molar-refractivity contribution in [2.75, 3.05) is 7.11 Å². The van der Waals surface area contributed by atoms with Gasteiger partial charge in [-0.05, 0) is 41.5 Å². The molecule has 5 heteroatoms. The predicted octanol–water partition coefficient (Wildman–Crippen LogP) is 5.69. The fourth-order valence-electron chi connectivity index (χ4n) is 1.75. The molecule has 2 rings (SSSR count). The van der Waals surface area contributed by atoms with Gasteiger partial charge in [0.05, 0.1) is 12.5 Å². The summed E-state index contributed by atoms with van der Waals surface area (Å²) in [7, 11) is 1.43. The molecule has 100 valence electrons. The Morgan fingerprint density at radius 3 is 2.21 bits per heavy atom. The predicted molar refractivity (Wildman–Crippen MR) is 82.5 cm³/mol. The Bertz CT molecular complexity index is 584. The zero-order valence-electron chi connectivity index (χ0n) is 9.96. The molecule has 0 saturated carbocycles. The summed E-state index contributed by atoms with van der Waals surface area (Å²) >= 11 is 13.2. The molecule has 0 aromatic heterocycles. The van der Waals surface area contributed by atoms with Gasteiger partial charge in [0, 0.05) is 8.95 Å². The molecule has 0 radical (unpaired) electrons. The Kier molecular flexibility index (Phi) is 4.87. The van der Waals surface area contributed by atoms with Crippen molar-refractivity contribution in [1.29, 1.82) is 0 Å². The van der Waals surface area contributed by atoms with Gasteiger partial charge in [-0.2, -0.15) is 0 Å². The highest BCUT2D eigenvalue weighted by atomic mass is 79.9. The zero-order chi connectivity index (χ0) is 14.0. The quantitative estimate of drug-likeness (QED) is 0.593. The van der Waals surface area contributed by atoms with Gasteiger partial charge < -0.3 is 4.74 Å². The maximum atomic E-state index is 13.7. The van der Waals surface area contributed by atoms with Gasteiger partial charge in [-0.25, -0.2) is 4.39 Å². The molecule has 2 aromatic rings. The van der Waals surface area contributed by atoms with Crippen LogP contribution in [0.4, 0.5) is 4.39 Å². The average Bonchev–Trinajstić information content (AvgIpc) is 2.36. The largest absolute Gasteiger partial charge is 0.494 e. The van der Waals surface area contributed by atoms with E-state index in [1.165, 1.54) is 13.2 Å². The first-order chi connectivity index (χ1) is 9.01. The van der Waals surface area contributed by atoms with Gasteiger partial charge in [0.25, 0.3) is 0 Å². The van der Waals surface area contributed by atoms with Gasteiger partial charge in [-0.3, -0.25) is 0 Å². The zero-order valence-corrected chi connectivity index (χ0v) is 13.9.